The zero-order chi connectivity index (χ0) is 23.7. The van der Waals surface area contributed by atoms with Crippen molar-refractivity contribution in [2.45, 2.75) is 115 Å². The van der Waals surface area contributed by atoms with Crippen LogP contribution in [0.1, 0.15) is 52.4 Å². The van der Waals surface area contributed by atoms with Crippen LogP contribution in [0.15, 0.2) is 48.6 Å². The van der Waals surface area contributed by atoms with Crippen molar-refractivity contribution < 1.29 is 44.8 Å². The van der Waals surface area contributed by atoms with Crippen LogP contribution in [0.3, 0.4) is 0 Å². The number of hydrogen-bond acceptors (Lipinski definition) is 0. The largest absolute Gasteiger partial charge is 1.00 e. The van der Waals surface area contributed by atoms with Crippen molar-refractivity contribution >= 4 is 16.1 Å². The van der Waals surface area contributed by atoms with E-state index in [2.05, 4.69) is 62.5 Å². The van der Waals surface area contributed by atoms with Gasteiger partial charge < -0.3 is 24.8 Å². The summed E-state index contributed by atoms with van der Waals surface area (Å²) < 4.78 is 6.22. The summed E-state index contributed by atoms with van der Waals surface area (Å²) in [6.45, 7) is 5.05. The summed E-state index contributed by atoms with van der Waals surface area (Å²) in [4.78, 5) is 0. The molecule has 0 aromatic rings. The molecule has 4 aliphatic carbocycles. The second-order valence-electron chi connectivity index (χ2n) is 14.4. The average Bonchev–Trinajstić information content (AvgIpc) is 3.39. The standard InChI is InChI=1S/2C15H23Si.C2H4.2ClH.Hf/c2*1-2-10-16(11-5-12-16)15-9-8-13-6-3-4-7-14(13)15;1-2;;;/h2*3-4,6-7,9,13-15H,2,5,8,10-12H2,1H3;1-2H2;2*1H;/q;;;;;+2/p-2. The van der Waals surface area contributed by atoms with E-state index in [1.165, 1.54) is 31.3 Å². The molecule has 0 radical (unpaired) electrons. The van der Waals surface area contributed by atoms with E-state index >= 15 is 0 Å². The number of rotatable bonds is 8. The molecule has 0 bridgehead atoms. The van der Waals surface area contributed by atoms with Gasteiger partial charge in [0.25, 0.3) is 0 Å². The van der Waals surface area contributed by atoms with Crippen LogP contribution in [0.4, 0.5) is 0 Å². The predicted octanol–water partition coefficient (Wildman–Crippen LogP) is 4.37. The average molecular weight is 740 g/mol. The van der Waals surface area contributed by atoms with Crippen LogP contribution in [0, 0.1) is 23.7 Å². The van der Waals surface area contributed by atoms with Crippen LogP contribution in [-0.4, -0.2) is 16.1 Å². The molecule has 0 N–H and O–H groups in total. The fourth-order valence-corrected chi connectivity index (χ4v) is 65.6. The van der Waals surface area contributed by atoms with Gasteiger partial charge in [0, 0.05) is 0 Å². The molecule has 7 rings (SSSR count). The van der Waals surface area contributed by atoms with Crippen molar-refractivity contribution in [1.82, 2.24) is 0 Å². The van der Waals surface area contributed by atoms with E-state index in [1.807, 2.05) is 8.35 Å². The smallest absolute Gasteiger partial charge is 1.00 e. The zero-order valence-electron chi connectivity index (χ0n) is 23.4. The fourth-order valence-electron chi connectivity index (χ4n) is 11.8. The molecule has 8 unspecified atom stereocenters. The van der Waals surface area contributed by atoms with Crippen molar-refractivity contribution in [3.05, 3.63) is 48.6 Å². The van der Waals surface area contributed by atoms with E-state index in [-0.39, 0.29) is 24.8 Å². The molecule has 3 aliphatic heterocycles. The van der Waals surface area contributed by atoms with Gasteiger partial charge in [-0.15, -0.1) is 0 Å². The minimum Gasteiger partial charge on any atom is -1.00 e. The maximum atomic E-state index is 2.76. The molecule has 0 spiro atoms. The third kappa shape index (κ3) is 4.49. The summed E-state index contributed by atoms with van der Waals surface area (Å²) in [5.74, 6) is 3.80. The zero-order valence-corrected chi connectivity index (χ0v) is 30.5. The number of fused-ring (bicyclic) bond motifs is 2. The maximum Gasteiger partial charge on any atom is -1.00 e. The molecule has 8 atom stereocenters. The van der Waals surface area contributed by atoms with Gasteiger partial charge in [-0.1, -0.05) is 0 Å². The molecule has 5 heteroatoms. The molecule has 3 saturated heterocycles. The molecule has 7 aliphatic rings. The van der Waals surface area contributed by atoms with Gasteiger partial charge in [-0.2, -0.15) is 0 Å². The Morgan fingerprint density at radius 1 is 0.622 bits per heavy atom. The van der Waals surface area contributed by atoms with Crippen LogP contribution in [0.2, 0.25) is 63.1 Å². The minimum absolute atomic E-state index is 0. The van der Waals surface area contributed by atoms with Crippen molar-refractivity contribution in [2.24, 2.45) is 23.7 Å². The van der Waals surface area contributed by atoms with Gasteiger partial charge in [-0.3, -0.25) is 0 Å². The van der Waals surface area contributed by atoms with E-state index in [4.69, 9.17) is 0 Å². The Kier molecular flexibility index (Phi) is 8.93. The molecule has 5 fully saturated rings. The Morgan fingerprint density at radius 3 is 1.35 bits per heavy atom. The molecule has 204 valence electrons. The number of halogens is 2. The van der Waals surface area contributed by atoms with Gasteiger partial charge in [0.2, 0.25) is 0 Å². The van der Waals surface area contributed by atoms with Gasteiger partial charge in [0.1, 0.15) is 0 Å². The topological polar surface area (TPSA) is 0 Å². The van der Waals surface area contributed by atoms with Crippen LogP contribution in [-0.2, 0) is 20.0 Å². The predicted molar refractivity (Wildman–Crippen MR) is 155 cm³/mol. The molecular formula is C32H50Cl2HfSi2. The molecular weight excluding hydrogens is 690 g/mol. The Labute approximate surface area is 246 Å². The maximum absolute atomic E-state index is 2.76. The number of allylic oxidation sites excluding steroid dienone is 8. The fraction of sp³-hybridized carbons (Fsp3) is 0.750. The first-order valence-corrected chi connectivity index (χ1v) is 30.5. The van der Waals surface area contributed by atoms with Gasteiger partial charge in [-0.05, 0) is 0 Å². The summed E-state index contributed by atoms with van der Waals surface area (Å²) >= 11 is -2.36. The summed E-state index contributed by atoms with van der Waals surface area (Å²) in [7, 11) is -2.13. The molecule has 37 heavy (non-hydrogen) atoms. The molecule has 2 saturated carbocycles. The molecule has 0 aromatic carbocycles. The van der Waals surface area contributed by atoms with Crippen molar-refractivity contribution in [3.8, 4) is 0 Å². The minimum atomic E-state index is -2.36. The Bertz CT molecular complexity index is 872. The van der Waals surface area contributed by atoms with Gasteiger partial charge in [0.05, 0.1) is 0 Å². The van der Waals surface area contributed by atoms with E-state index in [9.17, 15) is 0 Å². The van der Waals surface area contributed by atoms with E-state index in [0.717, 1.165) is 23.7 Å². The van der Waals surface area contributed by atoms with Crippen LogP contribution in [0.25, 0.3) is 0 Å². The van der Waals surface area contributed by atoms with E-state index in [1.54, 1.807) is 61.9 Å². The van der Waals surface area contributed by atoms with Gasteiger partial charge in [-0.25, -0.2) is 0 Å². The number of hydrogen-bond donors (Lipinski definition) is 0. The van der Waals surface area contributed by atoms with E-state index in [0.29, 0.717) is 0 Å². The Morgan fingerprint density at radius 2 is 1.03 bits per heavy atom. The second-order valence-corrected chi connectivity index (χ2v) is 42.0. The van der Waals surface area contributed by atoms with Crippen LogP contribution >= 0.6 is 0 Å². The van der Waals surface area contributed by atoms with Gasteiger partial charge in [0.15, 0.2) is 0 Å². The molecule has 3 heterocycles. The first kappa shape index (κ1) is 29.3. The summed E-state index contributed by atoms with van der Waals surface area (Å²) in [6, 6.07) is 10.2. The molecule has 0 amide bonds. The summed E-state index contributed by atoms with van der Waals surface area (Å²) in [5, 5.41) is 0. The third-order valence-electron chi connectivity index (χ3n) is 13.3. The van der Waals surface area contributed by atoms with Crippen molar-refractivity contribution in [2.75, 3.05) is 0 Å². The van der Waals surface area contributed by atoms with Crippen LogP contribution < -0.4 is 24.8 Å². The summed E-state index contributed by atoms with van der Waals surface area (Å²) in [6.07, 6.45) is 30.2. The monoisotopic (exact) mass is 740 g/mol. The van der Waals surface area contributed by atoms with E-state index < -0.39 is 36.1 Å². The first-order chi connectivity index (χ1) is 17.2. The van der Waals surface area contributed by atoms with Crippen LogP contribution in [0.5, 0.6) is 0 Å². The SMILES string of the molecule is CCC[Si]1(C2C3C=CC=CC3C[CH]2[Hf+2]2([CH]3CC4C=CC=CC4C3[Si]3(CCC)CCC3)[CH2][CH2]2)CCC1.[Cl-].[Cl-]. The third-order valence-corrected chi connectivity index (χ3v) is 49.3. The Balaban J connectivity index is 0.00000140. The van der Waals surface area contributed by atoms with Gasteiger partial charge >= 0.3 is 224 Å². The molecule has 0 aromatic heterocycles. The second kappa shape index (κ2) is 11.3. The normalized spacial score (nSPS) is 41.7. The quantitative estimate of drug-likeness (QED) is 0.325. The first-order valence-electron chi connectivity index (χ1n) is 15.9. The Hall–Kier alpha value is 0.844. The van der Waals surface area contributed by atoms with Crippen molar-refractivity contribution in [1.29, 1.82) is 0 Å². The summed E-state index contributed by atoms with van der Waals surface area (Å²) in [5.41, 5.74) is 2.43. The van der Waals surface area contributed by atoms with Crippen molar-refractivity contribution in [3.63, 3.8) is 0 Å². The molecule has 0 nitrogen and oxygen atoms in total.